The predicted molar refractivity (Wildman–Crippen MR) is 124 cm³/mol. The fraction of sp³-hybridized carbons (Fsp3) is 0.476. The van der Waals surface area contributed by atoms with Crippen LogP contribution in [-0.2, 0) is 24.4 Å². The van der Waals surface area contributed by atoms with Gasteiger partial charge in [-0.2, -0.15) is 36.4 Å². The van der Waals surface area contributed by atoms with Crippen molar-refractivity contribution >= 4 is 23.5 Å². The molecule has 1 amide bonds. The topological polar surface area (TPSA) is 137 Å². The molecule has 11 nitrogen and oxygen atoms in total. The molecule has 1 aromatic carbocycles. The number of benzene rings is 1. The van der Waals surface area contributed by atoms with Crippen LogP contribution in [0.5, 0.6) is 0 Å². The van der Waals surface area contributed by atoms with Crippen LogP contribution in [0.2, 0.25) is 5.02 Å². The first-order valence-electron chi connectivity index (χ1n) is 11.4. The molecule has 1 aliphatic heterocycles. The smallest absolute Gasteiger partial charge is 0.382 e. The summed E-state index contributed by atoms with van der Waals surface area (Å²) in [6.45, 7) is -2.08. The molecule has 39 heavy (non-hydrogen) atoms. The van der Waals surface area contributed by atoms with Gasteiger partial charge < -0.3 is 15.7 Å². The summed E-state index contributed by atoms with van der Waals surface area (Å²) in [7, 11) is 0. The van der Waals surface area contributed by atoms with Gasteiger partial charge in [-0.15, -0.1) is 5.10 Å². The summed E-state index contributed by atoms with van der Waals surface area (Å²) in [5.74, 6) is -1.48. The van der Waals surface area contributed by atoms with E-state index in [9.17, 15) is 41.0 Å². The Hall–Kier alpha value is -3.60. The monoisotopic (exact) mass is 582 g/mol. The molecule has 0 radical (unpaired) electrons. The Balaban J connectivity index is 1.68. The molecule has 18 heteroatoms. The molecule has 4 rings (SSSR count). The zero-order valence-electron chi connectivity index (χ0n) is 19.8. The number of hydrogen-bond donors (Lipinski definition) is 2. The van der Waals surface area contributed by atoms with Crippen molar-refractivity contribution in [3.05, 3.63) is 45.6 Å². The van der Waals surface area contributed by atoms with Crippen molar-refractivity contribution in [2.75, 3.05) is 18.0 Å². The minimum Gasteiger partial charge on any atom is -0.382 e. The Labute approximate surface area is 220 Å². The standard InChI is InChI=1S/C21H21ClF6N8O3/c22-13-3-1-11(2-4-13)17-32-36(19(39)34(17)9-14(37)21(26,27)28)10-15-30-18(33-7-12(8-33)16(29)38)35(31-15)6-5-20(23,24)25/h1-4,12,14,37H,5-10H2,(H2,29,38)/t14-/m0/s1. The number of anilines is 1. The highest BCUT2D eigenvalue weighted by Gasteiger charge is 2.40. The number of aliphatic hydroxyl groups excluding tert-OH is 1. The molecule has 3 N–H and O–H groups in total. The molecule has 0 spiro atoms. The highest BCUT2D eigenvalue weighted by molar-refractivity contribution is 6.30. The number of rotatable bonds is 9. The Morgan fingerprint density at radius 3 is 2.31 bits per heavy atom. The van der Waals surface area contributed by atoms with Crippen molar-refractivity contribution in [1.82, 2.24) is 29.1 Å². The summed E-state index contributed by atoms with van der Waals surface area (Å²) in [5, 5.41) is 18.0. The van der Waals surface area contributed by atoms with Crippen molar-refractivity contribution < 1.29 is 36.2 Å². The minimum absolute atomic E-state index is 0.00431. The molecule has 2 aromatic heterocycles. The van der Waals surface area contributed by atoms with Gasteiger partial charge in [0.2, 0.25) is 11.9 Å². The molecule has 0 saturated carbocycles. The first-order chi connectivity index (χ1) is 18.1. The number of aliphatic hydroxyl groups is 1. The predicted octanol–water partition coefficient (Wildman–Crippen LogP) is 1.80. The molecule has 0 aliphatic carbocycles. The molecule has 1 saturated heterocycles. The molecular weight excluding hydrogens is 562 g/mol. The van der Waals surface area contributed by atoms with Crippen molar-refractivity contribution in [3.63, 3.8) is 0 Å². The first kappa shape index (κ1) is 28.4. The van der Waals surface area contributed by atoms with Gasteiger partial charge in [0.05, 0.1) is 25.4 Å². The highest BCUT2D eigenvalue weighted by atomic mass is 35.5. The van der Waals surface area contributed by atoms with E-state index in [0.717, 1.165) is 9.36 Å². The van der Waals surface area contributed by atoms with E-state index in [2.05, 4.69) is 15.2 Å². The number of alkyl halides is 6. The fourth-order valence-electron chi connectivity index (χ4n) is 3.82. The molecule has 1 atom stereocenters. The van der Waals surface area contributed by atoms with E-state index in [1.54, 1.807) is 0 Å². The number of carbonyl (C=O) groups is 1. The van der Waals surface area contributed by atoms with Crippen molar-refractivity contribution in [1.29, 1.82) is 0 Å². The van der Waals surface area contributed by atoms with Gasteiger partial charge in [0.25, 0.3) is 0 Å². The maximum atomic E-state index is 13.1. The van der Waals surface area contributed by atoms with Crippen molar-refractivity contribution in [2.24, 2.45) is 11.7 Å². The molecular formula is C21H21ClF6N8O3. The Morgan fingerprint density at radius 1 is 1.10 bits per heavy atom. The third-order valence-electron chi connectivity index (χ3n) is 5.92. The van der Waals surface area contributed by atoms with Crippen LogP contribution in [-0.4, -0.2) is 71.7 Å². The maximum Gasteiger partial charge on any atom is 0.416 e. The van der Waals surface area contributed by atoms with Gasteiger partial charge in [0.15, 0.2) is 17.8 Å². The van der Waals surface area contributed by atoms with Crippen molar-refractivity contribution in [3.8, 4) is 11.4 Å². The second kappa shape index (κ2) is 10.5. The fourth-order valence-corrected chi connectivity index (χ4v) is 3.94. The van der Waals surface area contributed by atoms with E-state index in [-0.39, 0.29) is 36.3 Å². The Morgan fingerprint density at radius 2 is 1.74 bits per heavy atom. The second-order valence-corrected chi connectivity index (χ2v) is 9.30. The van der Waals surface area contributed by atoms with Crippen LogP contribution in [0.15, 0.2) is 29.1 Å². The normalized spacial score (nSPS) is 15.4. The van der Waals surface area contributed by atoms with Crippen LogP contribution in [0.25, 0.3) is 11.4 Å². The van der Waals surface area contributed by atoms with E-state index in [4.69, 9.17) is 17.3 Å². The number of nitrogens with zero attached hydrogens (tertiary/aromatic N) is 7. The first-order valence-corrected chi connectivity index (χ1v) is 11.7. The number of carbonyl (C=O) groups excluding carboxylic acids is 1. The Kier molecular flexibility index (Phi) is 7.66. The van der Waals surface area contributed by atoms with Gasteiger partial charge >= 0.3 is 18.0 Å². The lowest BCUT2D eigenvalue weighted by molar-refractivity contribution is -0.207. The zero-order chi connectivity index (χ0) is 28.7. The molecule has 0 unspecified atom stereocenters. The number of amides is 1. The molecule has 1 aliphatic rings. The quantitative estimate of drug-likeness (QED) is 0.367. The lowest BCUT2D eigenvalue weighted by atomic mass is 10.0. The number of aromatic nitrogens is 6. The minimum atomic E-state index is -5.02. The SMILES string of the molecule is NC(=O)C1CN(c2nc(Cn3nc(-c4ccc(Cl)cc4)n(C[C@H](O)C(F)(F)F)c3=O)nn2CCC(F)(F)F)C1. The number of halogens is 7. The summed E-state index contributed by atoms with van der Waals surface area (Å²) in [5.41, 5.74) is 4.42. The molecule has 212 valence electrons. The van der Waals surface area contributed by atoms with Crippen LogP contribution >= 0.6 is 11.6 Å². The average Bonchev–Trinajstić information content (AvgIpc) is 3.32. The molecule has 0 bridgehead atoms. The maximum absolute atomic E-state index is 13.1. The lowest BCUT2D eigenvalue weighted by Crippen LogP contribution is -2.53. The summed E-state index contributed by atoms with van der Waals surface area (Å²) in [6.07, 6.45) is -13.6. The van der Waals surface area contributed by atoms with E-state index in [1.165, 1.54) is 29.2 Å². The largest absolute Gasteiger partial charge is 0.416 e. The Bertz CT molecular complexity index is 1390. The number of nitrogens with two attached hydrogens (primary N) is 1. The van der Waals surface area contributed by atoms with Crippen LogP contribution in [0.4, 0.5) is 32.3 Å². The van der Waals surface area contributed by atoms with E-state index in [1.807, 2.05) is 0 Å². The van der Waals surface area contributed by atoms with Crippen LogP contribution < -0.4 is 16.3 Å². The zero-order valence-corrected chi connectivity index (χ0v) is 20.6. The highest BCUT2D eigenvalue weighted by Crippen LogP contribution is 2.27. The number of aryl methyl sites for hydroxylation is 1. The van der Waals surface area contributed by atoms with Gasteiger partial charge in [0.1, 0.15) is 6.54 Å². The summed E-state index contributed by atoms with van der Waals surface area (Å²) >= 11 is 5.86. The van der Waals surface area contributed by atoms with Crippen LogP contribution in [0.3, 0.4) is 0 Å². The van der Waals surface area contributed by atoms with Crippen LogP contribution in [0, 0.1) is 5.92 Å². The third kappa shape index (κ3) is 6.52. The van der Waals surface area contributed by atoms with Gasteiger partial charge in [-0.25, -0.2) is 14.2 Å². The van der Waals surface area contributed by atoms with E-state index < -0.39 is 62.0 Å². The summed E-state index contributed by atoms with van der Waals surface area (Å²) in [6, 6.07) is 5.67. The number of primary amides is 1. The molecule has 3 heterocycles. The van der Waals surface area contributed by atoms with Crippen LogP contribution in [0.1, 0.15) is 12.2 Å². The van der Waals surface area contributed by atoms with Gasteiger partial charge in [-0.05, 0) is 24.3 Å². The third-order valence-corrected chi connectivity index (χ3v) is 6.17. The second-order valence-electron chi connectivity index (χ2n) is 8.86. The van der Waals surface area contributed by atoms with Crippen molar-refractivity contribution in [2.45, 2.75) is 44.5 Å². The summed E-state index contributed by atoms with van der Waals surface area (Å²) in [4.78, 5) is 30.1. The van der Waals surface area contributed by atoms with E-state index >= 15 is 0 Å². The average molecular weight is 583 g/mol. The van der Waals surface area contributed by atoms with Gasteiger partial charge in [-0.1, -0.05) is 11.6 Å². The van der Waals surface area contributed by atoms with Gasteiger partial charge in [-0.3, -0.25) is 9.36 Å². The molecule has 1 fully saturated rings. The number of hydrogen-bond acceptors (Lipinski definition) is 7. The van der Waals surface area contributed by atoms with E-state index in [0.29, 0.717) is 9.59 Å². The lowest BCUT2D eigenvalue weighted by Gasteiger charge is -2.37. The van der Waals surface area contributed by atoms with Gasteiger partial charge in [0, 0.05) is 23.7 Å². The summed E-state index contributed by atoms with van der Waals surface area (Å²) < 4.78 is 80.1. The molecule has 3 aromatic rings.